The number of carbonyl (C=O) groups is 1. The molecule has 1 aliphatic carbocycles. The molecule has 1 aromatic carbocycles. The van der Waals surface area contributed by atoms with Crippen LogP contribution in [0.5, 0.6) is 0 Å². The average molecular weight is 200 g/mol. The number of nitrogen functional groups attached to an aromatic ring is 1. The zero-order valence-corrected chi connectivity index (χ0v) is 8.36. The van der Waals surface area contributed by atoms with Crippen molar-refractivity contribution in [2.45, 2.75) is 19.3 Å². The van der Waals surface area contributed by atoms with E-state index in [2.05, 4.69) is 6.07 Å². The fraction of sp³-hybridized carbons (Fsp3) is 0.333. The third-order valence-corrected chi connectivity index (χ3v) is 2.72. The number of anilines is 1. The molecule has 3 nitrogen and oxygen atoms in total. The Labute approximate surface area is 88.5 Å². The monoisotopic (exact) mass is 200 g/mol. The molecule has 0 bridgehead atoms. The lowest BCUT2D eigenvalue weighted by Crippen LogP contribution is -2.08. The first kappa shape index (κ1) is 9.72. The van der Waals surface area contributed by atoms with Gasteiger partial charge in [0.05, 0.1) is 11.6 Å². The fourth-order valence-electron chi connectivity index (χ4n) is 1.63. The number of Topliss-reactive ketones (excluding diaryl/α,β-unsaturated/α-hetero) is 1. The van der Waals surface area contributed by atoms with Crippen LogP contribution in [0.25, 0.3) is 0 Å². The Morgan fingerprint density at radius 3 is 2.87 bits per heavy atom. The third kappa shape index (κ3) is 1.99. The molecular formula is C12H12N2O. The predicted octanol–water partition coefficient (Wildman–Crippen LogP) is 1.66. The number of nitrogens with zero attached hydrogens (tertiary/aromatic N) is 1. The lowest BCUT2D eigenvalue weighted by atomic mass is 9.99. The van der Waals surface area contributed by atoms with Gasteiger partial charge in [-0.1, -0.05) is 6.07 Å². The van der Waals surface area contributed by atoms with Gasteiger partial charge in [-0.15, -0.1) is 0 Å². The van der Waals surface area contributed by atoms with E-state index in [1.165, 1.54) is 0 Å². The van der Waals surface area contributed by atoms with Crippen LogP contribution in [0.1, 0.15) is 24.0 Å². The second-order valence-corrected chi connectivity index (χ2v) is 3.90. The third-order valence-electron chi connectivity index (χ3n) is 2.72. The number of ketones is 1. The van der Waals surface area contributed by atoms with Gasteiger partial charge in [0.2, 0.25) is 0 Å². The molecule has 2 rings (SSSR count). The first-order valence-electron chi connectivity index (χ1n) is 5.02. The van der Waals surface area contributed by atoms with E-state index < -0.39 is 0 Å². The van der Waals surface area contributed by atoms with Crippen molar-refractivity contribution in [3.05, 3.63) is 29.3 Å². The normalized spacial score (nSPS) is 14.6. The van der Waals surface area contributed by atoms with Gasteiger partial charge < -0.3 is 5.73 Å². The summed E-state index contributed by atoms with van der Waals surface area (Å²) in [6.45, 7) is 0. The zero-order valence-electron chi connectivity index (χ0n) is 8.36. The summed E-state index contributed by atoms with van der Waals surface area (Å²) in [7, 11) is 0. The molecule has 1 aliphatic rings. The van der Waals surface area contributed by atoms with Crippen molar-refractivity contribution < 1.29 is 4.79 Å². The largest absolute Gasteiger partial charge is 0.398 e. The van der Waals surface area contributed by atoms with Gasteiger partial charge >= 0.3 is 0 Å². The van der Waals surface area contributed by atoms with Crippen LogP contribution in [0, 0.1) is 17.2 Å². The summed E-state index contributed by atoms with van der Waals surface area (Å²) in [6, 6.07) is 7.24. The average Bonchev–Trinajstić information content (AvgIpc) is 3.04. The van der Waals surface area contributed by atoms with Gasteiger partial charge in [0.25, 0.3) is 0 Å². The van der Waals surface area contributed by atoms with E-state index in [9.17, 15) is 4.79 Å². The molecular weight excluding hydrogens is 188 g/mol. The predicted molar refractivity (Wildman–Crippen MR) is 57.0 cm³/mol. The molecule has 1 aromatic rings. The van der Waals surface area contributed by atoms with Crippen LogP contribution in [0.4, 0.5) is 5.69 Å². The van der Waals surface area contributed by atoms with Crippen LogP contribution in [-0.4, -0.2) is 5.78 Å². The molecule has 0 aliphatic heterocycles. The highest BCUT2D eigenvalue weighted by atomic mass is 16.1. The minimum Gasteiger partial charge on any atom is -0.398 e. The lowest BCUT2D eigenvalue weighted by molar-refractivity contribution is -0.119. The number of benzene rings is 1. The maximum Gasteiger partial charge on any atom is 0.140 e. The van der Waals surface area contributed by atoms with Crippen molar-refractivity contribution in [2.24, 2.45) is 5.92 Å². The van der Waals surface area contributed by atoms with Gasteiger partial charge in [-0.2, -0.15) is 5.26 Å². The lowest BCUT2D eigenvalue weighted by Gasteiger charge is -2.06. The van der Waals surface area contributed by atoms with Crippen molar-refractivity contribution in [3.63, 3.8) is 0 Å². The van der Waals surface area contributed by atoms with Crippen LogP contribution < -0.4 is 5.73 Å². The summed E-state index contributed by atoms with van der Waals surface area (Å²) in [5.74, 6) is 0.431. The van der Waals surface area contributed by atoms with Crippen LogP contribution in [0.3, 0.4) is 0 Å². The van der Waals surface area contributed by atoms with E-state index in [1.807, 2.05) is 0 Å². The van der Waals surface area contributed by atoms with Crippen molar-refractivity contribution in [1.29, 1.82) is 5.26 Å². The van der Waals surface area contributed by atoms with Crippen molar-refractivity contribution in [3.8, 4) is 6.07 Å². The number of nitriles is 1. The topological polar surface area (TPSA) is 66.9 Å². The van der Waals surface area contributed by atoms with E-state index in [0.717, 1.165) is 12.8 Å². The molecule has 2 N–H and O–H groups in total. The van der Waals surface area contributed by atoms with Gasteiger partial charge in [0.15, 0.2) is 0 Å². The Bertz CT molecular complexity index is 441. The molecule has 3 heteroatoms. The molecule has 0 heterocycles. The molecule has 0 spiro atoms. The molecule has 0 radical (unpaired) electrons. The second-order valence-electron chi connectivity index (χ2n) is 3.90. The Balaban J connectivity index is 2.26. The standard InChI is InChI=1S/C12H12N2O/c13-7-9-2-1-3-11(14)10(9)6-12(15)8-4-5-8/h1-3,8H,4-6,14H2. The molecule has 0 amide bonds. The minimum atomic E-state index is 0.212. The highest BCUT2D eigenvalue weighted by molar-refractivity contribution is 5.87. The minimum absolute atomic E-state index is 0.212. The zero-order chi connectivity index (χ0) is 10.8. The molecule has 15 heavy (non-hydrogen) atoms. The number of hydrogen-bond acceptors (Lipinski definition) is 3. The molecule has 0 unspecified atom stereocenters. The van der Waals surface area contributed by atoms with Crippen LogP contribution in [-0.2, 0) is 11.2 Å². The highest BCUT2D eigenvalue weighted by Gasteiger charge is 2.29. The van der Waals surface area contributed by atoms with E-state index in [4.69, 9.17) is 11.0 Å². The Kier molecular flexibility index (Phi) is 2.42. The smallest absolute Gasteiger partial charge is 0.140 e. The van der Waals surface area contributed by atoms with E-state index >= 15 is 0 Å². The van der Waals surface area contributed by atoms with Crippen molar-refractivity contribution in [1.82, 2.24) is 0 Å². The fourth-order valence-corrected chi connectivity index (χ4v) is 1.63. The molecule has 0 aromatic heterocycles. The summed E-state index contributed by atoms with van der Waals surface area (Å²) in [5, 5.41) is 8.89. The van der Waals surface area contributed by atoms with E-state index in [0.29, 0.717) is 23.2 Å². The quantitative estimate of drug-likeness (QED) is 0.754. The number of hydrogen-bond donors (Lipinski definition) is 1. The summed E-state index contributed by atoms with van der Waals surface area (Å²) < 4.78 is 0. The Hall–Kier alpha value is -1.82. The van der Waals surface area contributed by atoms with Gasteiger partial charge in [0, 0.05) is 23.6 Å². The highest BCUT2D eigenvalue weighted by Crippen LogP contribution is 2.32. The van der Waals surface area contributed by atoms with E-state index in [1.54, 1.807) is 18.2 Å². The molecule has 1 fully saturated rings. The second kappa shape index (κ2) is 3.74. The summed E-state index contributed by atoms with van der Waals surface area (Å²) >= 11 is 0. The van der Waals surface area contributed by atoms with Crippen LogP contribution >= 0.6 is 0 Å². The SMILES string of the molecule is N#Cc1cccc(N)c1CC(=O)C1CC1. The maximum absolute atomic E-state index is 11.6. The van der Waals surface area contributed by atoms with Crippen LogP contribution in [0.15, 0.2) is 18.2 Å². The van der Waals surface area contributed by atoms with Gasteiger partial charge in [-0.25, -0.2) is 0 Å². The molecule has 0 saturated heterocycles. The number of carbonyl (C=O) groups excluding carboxylic acids is 1. The van der Waals surface area contributed by atoms with E-state index in [-0.39, 0.29) is 11.7 Å². The molecule has 76 valence electrons. The van der Waals surface area contributed by atoms with Crippen LogP contribution in [0.2, 0.25) is 0 Å². The summed E-state index contributed by atoms with van der Waals surface area (Å²) in [5.41, 5.74) is 7.52. The summed E-state index contributed by atoms with van der Waals surface area (Å²) in [6.07, 6.45) is 2.29. The molecule has 1 saturated carbocycles. The Morgan fingerprint density at radius 1 is 1.53 bits per heavy atom. The van der Waals surface area contributed by atoms with Crippen molar-refractivity contribution >= 4 is 11.5 Å². The first-order valence-corrected chi connectivity index (χ1v) is 5.02. The van der Waals surface area contributed by atoms with Gasteiger partial charge in [-0.05, 0) is 25.0 Å². The molecule has 0 atom stereocenters. The summed E-state index contributed by atoms with van der Waals surface area (Å²) in [4.78, 5) is 11.6. The van der Waals surface area contributed by atoms with Crippen molar-refractivity contribution in [2.75, 3.05) is 5.73 Å². The Morgan fingerprint density at radius 2 is 2.27 bits per heavy atom. The number of nitrogens with two attached hydrogens (primary N) is 1. The first-order chi connectivity index (χ1) is 7.22. The maximum atomic E-state index is 11.6. The number of rotatable bonds is 3. The van der Waals surface area contributed by atoms with Gasteiger partial charge in [0.1, 0.15) is 5.78 Å². The van der Waals surface area contributed by atoms with Gasteiger partial charge in [-0.3, -0.25) is 4.79 Å².